The molecule has 0 unspecified atom stereocenters. The van der Waals surface area contributed by atoms with Crippen LogP contribution in [0.15, 0.2) is 23.3 Å². The van der Waals surface area contributed by atoms with Crippen molar-refractivity contribution in [1.82, 2.24) is 0 Å². The molecule has 0 aromatic carbocycles. The van der Waals surface area contributed by atoms with Gasteiger partial charge in [-0.2, -0.15) is 0 Å². The molecule has 0 aliphatic heterocycles. The first kappa shape index (κ1) is 5.61. The van der Waals surface area contributed by atoms with Crippen molar-refractivity contribution in [2.24, 2.45) is 0 Å². The minimum Gasteiger partial charge on any atom is -0.0842 e. The second-order valence-corrected chi connectivity index (χ2v) is 2.24. The lowest BCUT2D eigenvalue weighted by molar-refractivity contribution is 1.05. The molecule has 0 aromatic heterocycles. The SMILES string of the molecule is CC=C1CCC=C1C. The van der Waals surface area contributed by atoms with E-state index in [9.17, 15) is 0 Å². The van der Waals surface area contributed by atoms with Gasteiger partial charge in [-0.1, -0.05) is 17.7 Å². The zero-order chi connectivity index (χ0) is 5.98. The molecule has 0 heterocycles. The maximum Gasteiger partial charge on any atom is -0.0245 e. The molecule has 0 saturated carbocycles. The molecule has 0 nitrogen and oxygen atoms in total. The van der Waals surface area contributed by atoms with Gasteiger partial charge in [0.05, 0.1) is 0 Å². The highest BCUT2D eigenvalue weighted by atomic mass is 14.1. The summed E-state index contributed by atoms with van der Waals surface area (Å²) in [4.78, 5) is 0. The smallest absolute Gasteiger partial charge is 0.0245 e. The summed E-state index contributed by atoms with van der Waals surface area (Å²) in [6, 6.07) is 0. The van der Waals surface area contributed by atoms with Crippen LogP contribution < -0.4 is 0 Å². The Bertz CT molecular complexity index is 138. The normalized spacial score (nSPS) is 24.2. The fourth-order valence-electron chi connectivity index (χ4n) is 1.14. The third-order valence-corrected chi connectivity index (χ3v) is 1.72. The maximum absolute atomic E-state index is 2.30. The van der Waals surface area contributed by atoms with Crippen molar-refractivity contribution >= 4 is 0 Å². The topological polar surface area (TPSA) is 0 Å². The minimum absolute atomic E-state index is 1.26. The standard InChI is InChI=1S/C8H12/c1-3-8-6-4-5-7(8)2/h3,5H,4,6H2,1-2H3. The van der Waals surface area contributed by atoms with Crippen molar-refractivity contribution in [1.29, 1.82) is 0 Å². The molecule has 44 valence electrons. The second-order valence-electron chi connectivity index (χ2n) is 2.24. The summed E-state index contributed by atoms with van der Waals surface area (Å²) in [6.07, 6.45) is 7.03. The second kappa shape index (κ2) is 2.17. The molecule has 0 atom stereocenters. The van der Waals surface area contributed by atoms with E-state index in [-0.39, 0.29) is 0 Å². The molecule has 0 fully saturated rings. The van der Waals surface area contributed by atoms with Crippen LogP contribution in [0.3, 0.4) is 0 Å². The third-order valence-electron chi connectivity index (χ3n) is 1.72. The van der Waals surface area contributed by atoms with E-state index >= 15 is 0 Å². The quantitative estimate of drug-likeness (QED) is 0.447. The Morgan fingerprint density at radius 1 is 1.62 bits per heavy atom. The lowest BCUT2D eigenvalue weighted by Crippen LogP contribution is -1.73. The molecule has 1 aliphatic carbocycles. The average molecular weight is 108 g/mol. The van der Waals surface area contributed by atoms with Gasteiger partial charge in [-0.05, 0) is 32.3 Å². The van der Waals surface area contributed by atoms with Gasteiger partial charge in [0.15, 0.2) is 0 Å². The largest absolute Gasteiger partial charge is 0.0842 e. The Balaban J connectivity index is 2.74. The highest BCUT2D eigenvalue weighted by Crippen LogP contribution is 2.23. The monoisotopic (exact) mass is 108 g/mol. The molecule has 1 aliphatic rings. The third kappa shape index (κ3) is 0.835. The molecule has 8 heavy (non-hydrogen) atoms. The van der Waals surface area contributed by atoms with Crippen LogP contribution in [0.2, 0.25) is 0 Å². The zero-order valence-corrected chi connectivity index (χ0v) is 5.57. The summed E-state index contributed by atoms with van der Waals surface area (Å²) < 4.78 is 0. The number of allylic oxidation sites excluding steroid dienone is 4. The molecule has 0 saturated heterocycles. The molecule has 0 aromatic rings. The van der Waals surface area contributed by atoms with Crippen LogP contribution in [0.1, 0.15) is 26.7 Å². The van der Waals surface area contributed by atoms with Crippen LogP contribution in [0.5, 0.6) is 0 Å². The van der Waals surface area contributed by atoms with Gasteiger partial charge in [-0.15, -0.1) is 0 Å². The molecule has 0 amide bonds. The molecule has 0 heteroatoms. The maximum atomic E-state index is 2.30. The molecule has 1 rings (SSSR count). The van der Waals surface area contributed by atoms with E-state index in [4.69, 9.17) is 0 Å². The van der Waals surface area contributed by atoms with Crippen LogP contribution in [0, 0.1) is 0 Å². The van der Waals surface area contributed by atoms with Crippen molar-refractivity contribution < 1.29 is 0 Å². The highest BCUT2D eigenvalue weighted by Gasteiger charge is 2.03. The molecule has 0 radical (unpaired) electrons. The molecular formula is C8H12. The van der Waals surface area contributed by atoms with Gasteiger partial charge in [0.25, 0.3) is 0 Å². The molecule has 0 spiro atoms. The molecule has 0 bridgehead atoms. The Hall–Kier alpha value is -0.520. The van der Waals surface area contributed by atoms with Gasteiger partial charge in [0.2, 0.25) is 0 Å². The van der Waals surface area contributed by atoms with Crippen molar-refractivity contribution in [2.75, 3.05) is 0 Å². The van der Waals surface area contributed by atoms with Gasteiger partial charge >= 0.3 is 0 Å². The number of rotatable bonds is 0. The Labute approximate surface area is 50.9 Å². The predicted molar refractivity (Wildman–Crippen MR) is 36.7 cm³/mol. The summed E-state index contributed by atoms with van der Waals surface area (Å²) in [5, 5.41) is 0. The van der Waals surface area contributed by atoms with Gasteiger partial charge < -0.3 is 0 Å². The summed E-state index contributed by atoms with van der Waals surface area (Å²) in [5.41, 5.74) is 3.01. The van der Waals surface area contributed by atoms with E-state index in [1.54, 1.807) is 0 Å². The molecule has 0 N–H and O–H groups in total. The van der Waals surface area contributed by atoms with Crippen molar-refractivity contribution in [3.8, 4) is 0 Å². The van der Waals surface area contributed by atoms with Crippen LogP contribution in [0.25, 0.3) is 0 Å². The summed E-state index contributed by atoms with van der Waals surface area (Å²) in [6.45, 7) is 4.29. The summed E-state index contributed by atoms with van der Waals surface area (Å²) in [7, 11) is 0. The van der Waals surface area contributed by atoms with Crippen molar-refractivity contribution in [3.63, 3.8) is 0 Å². The van der Waals surface area contributed by atoms with E-state index < -0.39 is 0 Å². The first-order valence-corrected chi connectivity index (χ1v) is 3.17. The fraction of sp³-hybridized carbons (Fsp3) is 0.500. The van der Waals surface area contributed by atoms with Crippen LogP contribution in [-0.4, -0.2) is 0 Å². The van der Waals surface area contributed by atoms with Crippen LogP contribution in [-0.2, 0) is 0 Å². The van der Waals surface area contributed by atoms with E-state index in [1.807, 2.05) is 0 Å². The van der Waals surface area contributed by atoms with Crippen molar-refractivity contribution in [3.05, 3.63) is 23.3 Å². The number of hydrogen-bond acceptors (Lipinski definition) is 0. The van der Waals surface area contributed by atoms with E-state index in [2.05, 4.69) is 26.0 Å². The summed E-state index contributed by atoms with van der Waals surface area (Å²) in [5.74, 6) is 0. The van der Waals surface area contributed by atoms with E-state index in [0.717, 1.165) is 0 Å². The molecular weight excluding hydrogens is 96.1 g/mol. The fourth-order valence-corrected chi connectivity index (χ4v) is 1.14. The van der Waals surface area contributed by atoms with Crippen LogP contribution >= 0.6 is 0 Å². The van der Waals surface area contributed by atoms with E-state index in [0.29, 0.717) is 0 Å². The van der Waals surface area contributed by atoms with E-state index in [1.165, 1.54) is 24.0 Å². The lowest BCUT2D eigenvalue weighted by atomic mass is 10.1. The zero-order valence-electron chi connectivity index (χ0n) is 5.57. The highest BCUT2D eigenvalue weighted by molar-refractivity contribution is 5.33. The number of hydrogen-bond donors (Lipinski definition) is 0. The van der Waals surface area contributed by atoms with Crippen LogP contribution in [0.4, 0.5) is 0 Å². The van der Waals surface area contributed by atoms with Gasteiger partial charge in [0, 0.05) is 0 Å². The van der Waals surface area contributed by atoms with Gasteiger partial charge in [0.1, 0.15) is 0 Å². The average Bonchev–Trinajstić information content (AvgIpc) is 2.14. The van der Waals surface area contributed by atoms with Crippen molar-refractivity contribution in [2.45, 2.75) is 26.7 Å². The Kier molecular flexibility index (Phi) is 1.52. The summed E-state index contributed by atoms with van der Waals surface area (Å²) >= 11 is 0. The Morgan fingerprint density at radius 2 is 2.38 bits per heavy atom. The lowest BCUT2D eigenvalue weighted by Gasteiger charge is -1.93. The first-order valence-electron chi connectivity index (χ1n) is 3.17. The minimum atomic E-state index is 1.26. The predicted octanol–water partition coefficient (Wildman–Crippen LogP) is 2.67. The van der Waals surface area contributed by atoms with Gasteiger partial charge in [-0.25, -0.2) is 0 Å². The Morgan fingerprint density at radius 3 is 2.62 bits per heavy atom. The first-order chi connectivity index (χ1) is 3.84. The van der Waals surface area contributed by atoms with Gasteiger partial charge in [-0.3, -0.25) is 0 Å².